The van der Waals surface area contributed by atoms with Crippen LogP contribution >= 0.6 is 0 Å². The molecule has 0 atom stereocenters. The molecule has 3 aromatic rings. The van der Waals surface area contributed by atoms with E-state index in [0.717, 1.165) is 11.3 Å². The molecular formula is C18H17FN4. The molecule has 23 heavy (non-hydrogen) atoms. The van der Waals surface area contributed by atoms with Crippen molar-refractivity contribution in [3.63, 3.8) is 0 Å². The zero-order chi connectivity index (χ0) is 16.1. The van der Waals surface area contributed by atoms with Crippen LogP contribution in [0.2, 0.25) is 0 Å². The van der Waals surface area contributed by atoms with Gasteiger partial charge in [-0.3, -0.25) is 0 Å². The first-order valence-corrected chi connectivity index (χ1v) is 7.36. The standard InChI is InChI=1S/C18H17FN4/c1-13-11-17(20-12-14-7-3-2-4-8-14)23-18(21-13)22-16-10-6-5-9-15(16)19/h2-11H,12H2,1H3,(H2,20,21,22,23). The first-order chi connectivity index (χ1) is 11.2. The van der Waals surface area contributed by atoms with Crippen molar-refractivity contribution in [1.82, 2.24) is 9.97 Å². The summed E-state index contributed by atoms with van der Waals surface area (Å²) in [6.07, 6.45) is 0. The van der Waals surface area contributed by atoms with Crippen LogP contribution in [0.3, 0.4) is 0 Å². The van der Waals surface area contributed by atoms with Gasteiger partial charge in [-0.15, -0.1) is 0 Å². The van der Waals surface area contributed by atoms with Gasteiger partial charge in [-0.05, 0) is 24.6 Å². The molecule has 0 radical (unpaired) electrons. The average Bonchev–Trinajstić information content (AvgIpc) is 2.56. The number of hydrogen-bond acceptors (Lipinski definition) is 4. The molecule has 1 aromatic heterocycles. The van der Waals surface area contributed by atoms with Crippen LogP contribution in [-0.2, 0) is 6.54 Å². The Kier molecular flexibility index (Phi) is 4.47. The highest BCUT2D eigenvalue weighted by Gasteiger charge is 2.06. The molecule has 0 amide bonds. The van der Waals surface area contributed by atoms with Gasteiger partial charge in [-0.1, -0.05) is 42.5 Å². The van der Waals surface area contributed by atoms with Gasteiger partial charge in [0.05, 0.1) is 5.69 Å². The summed E-state index contributed by atoms with van der Waals surface area (Å²) in [7, 11) is 0. The number of para-hydroxylation sites is 1. The van der Waals surface area contributed by atoms with Crippen molar-refractivity contribution in [2.75, 3.05) is 10.6 Å². The molecule has 2 N–H and O–H groups in total. The van der Waals surface area contributed by atoms with Gasteiger partial charge in [-0.25, -0.2) is 9.37 Å². The highest BCUT2D eigenvalue weighted by molar-refractivity contribution is 5.55. The minimum Gasteiger partial charge on any atom is -0.366 e. The first kappa shape index (κ1) is 15.0. The molecule has 0 aliphatic carbocycles. The molecule has 0 aliphatic rings. The largest absolute Gasteiger partial charge is 0.366 e. The van der Waals surface area contributed by atoms with Crippen LogP contribution < -0.4 is 10.6 Å². The molecule has 0 aliphatic heterocycles. The minimum atomic E-state index is -0.337. The quantitative estimate of drug-likeness (QED) is 0.738. The maximum atomic E-state index is 13.7. The number of nitrogens with zero attached hydrogens (tertiary/aromatic N) is 2. The molecule has 0 saturated carbocycles. The number of aromatic nitrogens is 2. The van der Waals surface area contributed by atoms with Crippen molar-refractivity contribution >= 4 is 17.5 Å². The summed E-state index contributed by atoms with van der Waals surface area (Å²) >= 11 is 0. The predicted molar refractivity (Wildman–Crippen MR) is 90.2 cm³/mol. The molecule has 116 valence electrons. The van der Waals surface area contributed by atoms with Crippen LogP contribution in [0.25, 0.3) is 0 Å². The number of benzene rings is 2. The summed E-state index contributed by atoms with van der Waals surface area (Å²) < 4.78 is 13.7. The van der Waals surface area contributed by atoms with Crippen LogP contribution in [0.1, 0.15) is 11.3 Å². The van der Waals surface area contributed by atoms with Crippen LogP contribution in [0.4, 0.5) is 21.8 Å². The summed E-state index contributed by atoms with van der Waals surface area (Å²) in [5.41, 5.74) is 2.31. The monoisotopic (exact) mass is 308 g/mol. The van der Waals surface area contributed by atoms with Crippen LogP contribution in [0, 0.1) is 12.7 Å². The fraction of sp³-hybridized carbons (Fsp3) is 0.111. The lowest BCUT2D eigenvalue weighted by atomic mass is 10.2. The molecule has 0 saturated heterocycles. The molecule has 1 heterocycles. The number of halogens is 1. The van der Waals surface area contributed by atoms with Crippen molar-refractivity contribution in [1.29, 1.82) is 0 Å². The fourth-order valence-electron chi connectivity index (χ4n) is 2.19. The van der Waals surface area contributed by atoms with E-state index in [1.807, 2.05) is 43.3 Å². The Labute approximate surface area is 134 Å². The van der Waals surface area contributed by atoms with E-state index in [2.05, 4.69) is 20.6 Å². The second-order valence-electron chi connectivity index (χ2n) is 5.16. The highest BCUT2D eigenvalue weighted by atomic mass is 19.1. The zero-order valence-electron chi connectivity index (χ0n) is 12.8. The third-order valence-electron chi connectivity index (χ3n) is 3.29. The van der Waals surface area contributed by atoms with Crippen molar-refractivity contribution in [2.24, 2.45) is 0 Å². The third-order valence-corrected chi connectivity index (χ3v) is 3.29. The van der Waals surface area contributed by atoms with E-state index in [9.17, 15) is 4.39 Å². The van der Waals surface area contributed by atoms with Gasteiger partial charge in [0.15, 0.2) is 0 Å². The summed E-state index contributed by atoms with van der Waals surface area (Å²) in [6, 6.07) is 18.4. The lowest BCUT2D eigenvalue weighted by molar-refractivity contribution is 0.631. The molecular weight excluding hydrogens is 291 g/mol. The molecule has 3 rings (SSSR count). The summed E-state index contributed by atoms with van der Waals surface area (Å²) in [5.74, 6) is 0.724. The van der Waals surface area contributed by atoms with Gasteiger partial charge in [0.25, 0.3) is 0 Å². The average molecular weight is 308 g/mol. The second kappa shape index (κ2) is 6.87. The lowest BCUT2D eigenvalue weighted by Gasteiger charge is -2.10. The van der Waals surface area contributed by atoms with Gasteiger partial charge in [-0.2, -0.15) is 4.98 Å². The lowest BCUT2D eigenvalue weighted by Crippen LogP contribution is -2.06. The zero-order valence-corrected chi connectivity index (χ0v) is 12.8. The Bertz CT molecular complexity index is 790. The van der Waals surface area contributed by atoms with E-state index >= 15 is 0 Å². The van der Waals surface area contributed by atoms with E-state index in [1.165, 1.54) is 6.07 Å². The SMILES string of the molecule is Cc1cc(NCc2ccccc2)nc(Nc2ccccc2F)n1. The van der Waals surface area contributed by atoms with Crippen LogP contribution in [0.5, 0.6) is 0 Å². The minimum absolute atomic E-state index is 0.337. The Morgan fingerprint density at radius 2 is 1.70 bits per heavy atom. The van der Waals surface area contributed by atoms with Crippen molar-refractivity contribution < 1.29 is 4.39 Å². The topological polar surface area (TPSA) is 49.8 Å². The van der Waals surface area contributed by atoms with E-state index < -0.39 is 0 Å². The molecule has 2 aromatic carbocycles. The van der Waals surface area contributed by atoms with Gasteiger partial charge in [0.2, 0.25) is 5.95 Å². The second-order valence-corrected chi connectivity index (χ2v) is 5.16. The number of rotatable bonds is 5. The number of anilines is 3. The molecule has 0 bridgehead atoms. The molecule has 0 unspecified atom stereocenters. The van der Waals surface area contributed by atoms with E-state index in [4.69, 9.17) is 0 Å². The van der Waals surface area contributed by atoms with E-state index in [-0.39, 0.29) is 5.82 Å². The number of nitrogens with one attached hydrogen (secondary N) is 2. The van der Waals surface area contributed by atoms with Gasteiger partial charge >= 0.3 is 0 Å². The van der Waals surface area contributed by atoms with Gasteiger partial charge < -0.3 is 10.6 Å². The fourth-order valence-corrected chi connectivity index (χ4v) is 2.19. The highest BCUT2D eigenvalue weighted by Crippen LogP contribution is 2.18. The Balaban J connectivity index is 1.75. The van der Waals surface area contributed by atoms with Crippen molar-refractivity contribution in [3.8, 4) is 0 Å². The smallest absolute Gasteiger partial charge is 0.229 e. The molecule has 0 fully saturated rings. The third kappa shape index (κ3) is 4.03. The number of aryl methyl sites for hydroxylation is 1. The summed E-state index contributed by atoms with van der Waals surface area (Å²) in [4.78, 5) is 8.68. The summed E-state index contributed by atoms with van der Waals surface area (Å²) in [6.45, 7) is 2.54. The van der Waals surface area contributed by atoms with E-state index in [1.54, 1.807) is 18.2 Å². The maximum absolute atomic E-state index is 13.7. The Hall–Kier alpha value is -2.95. The predicted octanol–water partition coefficient (Wildman–Crippen LogP) is 4.28. The Morgan fingerprint density at radius 3 is 2.48 bits per heavy atom. The van der Waals surface area contributed by atoms with Crippen LogP contribution in [0.15, 0.2) is 60.7 Å². The number of hydrogen-bond donors (Lipinski definition) is 2. The first-order valence-electron chi connectivity index (χ1n) is 7.36. The van der Waals surface area contributed by atoms with Gasteiger partial charge in [0.1, 0.15) is 11.6 Å². The maximum Gasteiger partial charge on any atom is 0.229 e. The Morgan fingerprint density at radius 1 is 0.957 bits per heavy atom. The summed E-state index contributed by atoms with van der Waals surface area (Å²) in [5, 5.41) is 6.17. The normalized spacial score (nSPS) is 10.3. The molecule has 0 spiro atoms. The van der Waals surface area contributed by atoms with Gasteiger partial charge in [0, 0.05) is 18.3 Å². The van der Waals surface area contributed by atoms with E-state index in [0.29, 0.717) is 24.0 Å². The van der Waals surface area contributed by atoms with Crippen molar-refractivity contribution in [3.05, 3.63) is 77.7 Å². The van der Waals surface area contributed by atoms with Crippen LogP contribution in [-0.4, -0.2) is 9.97 Å². The molecule has 4 nitrogen and oxygen atoms in total. The molecule has 5 heteroatoms. The van der Waals surface area contributed by atoms with Crippen molar-refractivity contribution in [2.45, 2.75) is 13.5 Å².